The van der Waals surface area contributed by atoms with Crippen LogP contribution in [0.1, 0.15) is 11.1 Å². The standard InChI is InChI=1S/C32H30Cl3N3O5S/c1-36-32(40)30(18-22-6-4-3-5-7-22)37(20-23-8-9-25(34)19-29(23)35)31(39)21-38(26-12-10-24(33)11-13-26)44(41,42)28-16-14-27(43-2)15-17-28/h3-17,19,30H,18,20-21H2,1-2H3,(H,36,40)/t30-/m1/s1. The molecule has 4 aromatic carbocycles. The Labute approximate surface area is 272 Å². The van der Waals surface area contributed by atoms with Crippen LogP contribution in [-0.4, -0.2) is 51.9 Å². The van der Waals surface area contributed by atoms with Crippen LogP contribution in [0.5, 0.6) is 5.75 Å². The molecule has 0 unspecified atom stereocenters. The summed E-state index contributed by atoms with van der Waals surface area (Å²) in [5.74, 6) is -0.589. The van der Waals surface area contributed by atoms with Crippen molar-refractivity contribution in [3.63, 3.8) is 0 Å². The monoisotopic (exact) mass is 673 g/mol. The summed E-state index contributed by atoms with van der Waals surface area (Å²) >= 11 is 18.7. The molecular weight excluding hydrogens is 645 g/mol. The number of sulfonamides is 1. The van der Waals surface area contributed by atoms with E-state index in [1.165, 1.54) is 67.6 Å². The van der Waals surface area contributed by atoms with E-state index in [1.54, 1.807) is 18.2 Å². The Morgan fingerprint density at radius 3 is 2.09 bits per heavy atom. The molecule has 1 atom stereocenters. The van der Waals surface area contributed by atoms with Crippen molar-refractivity contribution in [2.45, 2.75) is 23.9 Å². The molecule has 1 N–H and O–H groups in total. The highest BCUT2D eigenvalue weighted by Crippen LogP contribution is 2.28. The number of halogens is 3. The van der Waals surface area contributed by atoms with E-state index in [2.05, 4.69) is 5.32 Å². The van der Waals surface area contributed by atoms with Crippen molar-refractivity contribution in [2.24, 2.45) is 0 Å². The normalized spacial score (nSPS) is 11.8. The van der Waals surface area contributed by atoms with Crippen LogP contribution in [0.4, 0.5) is 5.69 Å². The molecule has 230 valence electrons. The molecule has 4 aromatic rings. The second-order valence-corrected chi connectivity index (χ2v) is 12.9. The van der Waals surface area contributed by atoms with Gasteiger partial charge in [0.1, 0.15) is 18.3 Å². The van der Waals surface area contributed by atoms with Gasteiger partial charge in [-0.3, -0.25) is 13.9 Å². The van der Waals surface area contributed by atoms with E-state index in [1.807, 2.05) is 30.3 Å². The maximum absolute atomic E-state index is 14.3. The summed E-state index contributed by atoms with van der Waals surface area (Å²) in [5, 5.41) is 3.74. The number of benzene rings is 4. The molecule has 44 heavy (non-hydrogen) atoms. The number of methoxy groups -OCH3 is 1. The number of hydrogen-bond acceptors (Lipinski definition) is 5. The smallest absolute Gasteiger partial charge is 0.264 e. The zero-order valence-electron chi connectivity index (χ0n) is 23.9. The first kappa shape index (κ1) is 33.1. The Balaban J connectivity index is 1.80. The molecule has 12 heteroatoms. The van der Waals surface area contributed by atoms with E-state index in [0.29, 0.717) is 26.4 Å². The predicted octanol–water partition coefficient (Wildman–Crippen LogP) is 6.24. The first-order chi connectivity index (χ1) is 21.0. The van der Waals surface area contributed by atoms with Crippen LogP contribution in [-0.2, 0) is 32.6 Å². The molecule has 0 aliphatic heterocycles. The van der Waals surface area contributed by atoms with Gasteiger partial charge in [-0.2, -0.15) is 0 Å². The number of nitrogens with zero attached hydrogens (tertiary/aromatic N) is 2. The number of rotatable bonds is 12. The van der Waals surface area contributed by atoms with E-state index < -0.39 is 34.4 Å². The van der Waals surface area contributed by atoms with Gasteiger partial charge in [-0.05, 0) is 71.8 Å². The van der Waals surface area contributed by atoms with Gasteiger partial charge in [0.2, 0.25) is 11.8 Å². The van der Waals surface area contributed by atoms with Crippen molar-refractivity contribution in [3.8, 4) is 5.75 Å². The van der Waals surface area contributed by atoms with Crippen molar-refractivity contribution in [1.29, 1.82) is 0 Å². The van der Waals surface area contributed by atoms with Crippen LogP contribution in [0.25, 0.3) is 0 Å². The van der Waals surface area contributed by atoms with Crippen molar-refractivity contribution in [3.05, 3.63) is 123 Å². The van der Waals surface area contributed by atoms with E-state index in [-0.39, 0.29) is 23.5 Å². The van der Waals surface area contributed by atoms with Crippen LogP contribution >= 0.6 is 34.8 Å². The SMILES string of the molecule is CNC(=O)[C@@H](Cc1ccccc1)N(Cc1ccc(Cl)cc1Cl)C(=O)CN(c1ccc(Cl)cc1)S(=O)(=O)c1ccc(OC)cc1. The molecule has 0 fully saturated rings. The zero-order chi connectivity index (χ0) is 31.9. The molecule has 0 radical (unpaired) electrons. The molecular formula is C32H30Cl3N3O5S. The van der Waals surface area contributed by atoms with Crippen molar-refractivity contribution < 1.29 is 22.7 Å². The number of amides is 2. The Hall–Kier alpha value is -3.76. The molecule has 0 saturated heterocycles. The minimum Gasteiger partial charge on any atom is -0.497 e. The van der Waals surface area contributed by atoms with Crippen molar-refractivity contribution >= 4 is 62.3 Å². The van der Waals surface area contributed by atoms with E-state index >= 15 is 0 Å². The fourth-order valence-electron chi connectivity index (χ4n) is 4.57. The van der Waals surface area contributed by atoms with Crippen molar-refractivity contribution in [2.75, 3.05) is 25.0 Å². The first-order valence-electron chi connectivity index (χ1n) is 13.4. The summed E-state index contributed by atoms with van der Waals surface area (Å²) < 4.78 is 34.3. The maximum Gasteiger partial charge on any atom is 0.264 e. The van der Waals surface area contributed by atoms with Gasteiger partial charge >= 0.3 is 0 Å². The van der Waals surface area contributed by atoms with E-state index in [9.17, 15) is 18.0 Å². The molecule has 0 aromatic heterocycles. The number of anilines is 1. The zero-order valence-corrected chi connectivity index (χ0v) is 27.0. The van der Waals surface area contributed by atoms with Gasteiger partial charge in [0, 0.05) is 35.1 Å². The molecule has 2 amide bonds. The third-order valence-electron chi connectivity index (χ3n) is 6.91. The third-order valence-corrected chi connectivity index (χ3v) is 9.54. The highest BCUT2D eigenvalue weighted by atomic mass is 35.5. The summed E-state index contributed by atoms with van der Waals surface area (Å²) in [6.07, 6.45) is 0.170. The summed E-state index contributed by atoms with van der Waals surface area (Å²) in [5.41, 5.74) is 1.55. The number of likely N-dealkylation sites (N-methyl/N-ethyl adjacent to an activating group) is 1. The van der Waals surface area contributed by atoms with Crippen LogP contribution in [0.2, 0.25) is 15.1 Å². The van der Waals surface area contributed by atoms with Gasteiger partial charge in [-0.15, -0.1) is 0 Å². The molecule has 0 aliphatic rings. The minimum atomic E-state index is -4.27. The van der Waals surface area contributed by atoms with Gasteiger partial charge < -0.3 is 15.0 Å². The second kappa shape index (κ2) is 14.8. The summed E-state index contributed by atoms with van der Waals surface area (Å²) in [6.45, 7) is -0.708. The number of carbonyl (C=O) groups excluding carboxylic acids is 2. The van der Waals surface area contributed by atoms with Gasteiger partial charge in [0.25, 0.3) is 10.0 Å². The number of ether oxygens (including phenoxy) is 1. The average Bonchev–Trinajstić information content (AvgIpc) is 3.03. The number of nitrogens with one attached hydrogen (secondary N) is 1. The van der Waals surface area contributed by atoms with Gasteiger partial charge in [-0.1, -0.05) is 71.2 Å². The predicted molar refractivity (Wildman–Crippen MR) is 174 cm³/mol. The molecule has 0 heterocycles. The first-order valence-corrected chi connectivity index (χ1v) is 16.0. The van der Waals surface area contributed by atoms with Crippen LogP contribution in [0.3, 0.4) is 0 Å². The third kappa shape index (κ3) is 8.04. The van der Waals surface area contributed by atoms with Gasteiger partial charge in [0.15, 0.2) is 0 Å². The Bertz CT molecular complexity index is 1700. The largest absolute Gasteiger partial charge is 0.497 e. The summed E-state index contributed by atoms with van der Waals surface area (Å²) in [7, 11) is -1.32. The molecule has 4 rings (SSSR count). The fraction of sp³-hybridized carbons (Fsp3) is 0.188. The molecule has 0 bridgehead atoms. The van der Waals surface area contributed by atoms with Gasteiger partial charge in [-0.25, -0.2) is 8.42 Å². The lowest BCUT2D eigenvalue weighted by Crippen LogP contribution is -2.53. The minimum absolute atomic E-state index is 0.0551. The second-order valence-electron chi connectivity index (χ2n) is 9.74. The highest BCUT2D eigenvalue weighted by Gasteiger charge is 2.34. The number of carbonyl (C=O) groups is 2. The Morgan fingerprint density at radius 1 is 0.864 bits per heavy atom. The van der Waals surface area contributed by atoms with E-state index in [0.717, 1.165) is 9.87 Å². The Kier molecular flexibility index (Phi) is 11.2. The quantitative estimate of drug-likeness (QED) is 0.192. The molecule has 0 aliphatic carbocycles. The van der Waals surface area contributed by atoms with Crippen LogP contribution in [0.15, 0.2) is 102 Å². The summed E-state index contributed by atoms with van der Waals surface area (Å²) in [4.78, 5) is 29.0. The lowest BCUT2D eigenvalue weighted by Gasteiger charge is -2.33. The van der Waals surface area contributed by atoms with Crippen molar-refractivity contribution in [1.82, 2.24) is 10.2 Å². The average molecular weight is 675 g/mol. The fourth-order valence-corrected chi connectivity index (χ4v) is 6.57. The van der Waals surface area contributed by atoms with Crippen LogP contribution < -0.4 is 14.4 Å². The van der Waals surface area contributed by atoms with Crippen LogP contribution in [0, 0.1) is 0 Å². The molecule has 0 spiro atoms. The maximum atomic E-state index is 14.3. The molecule has 8 nitrogen and oxygen atoms in total. The lowest BCUT2D eigenvalue weighted by atomic mass is 10.0. The van der Waals surface area contributed by atoms with Gasteiger partial charge in [0.05, 0.1) is 17.7 Å². The number of hydrogen-bond donors (Lipinski definition) is 1. The lowest BCUT2D eigenvalue weighted by molar-refractivity contribution is -0.139. The molecule has 0 saturated carbocycles. The summed E-state index contributed by atoms with van der Waals surface area (Å²) in [6, 6.07) is 25.0. The van der Waals surface area contributed by atoms with E-state index in [4.69, 9.17) is 39.5 Å². The highest BCUT2D eigenvalue weighted by molar-refractivity contribution is 7.92. The topological polar surface area (TPSA) is 96.0 Å². The Morgan fingerprint density at radius 2 is 1.50 bits per heavy atom.